The van der Waals surface area contributed by atoms with Crippen molar-refractivity contribution in [2.45, 2.75) is 6.54 Å². The molecule has 0 radical (unpaired) electrons. The molecule has 0 saturated heterocycles. The molecule has 2 heterocycles. The van der Waals surface area contributed by atoms with Gasteiger partial charge in [-0.3, -0.25) is 5.10 Å². The van der Waals surface area contributed by atoms with Gasteiger partial charge < -0.3 is 5.32 Å². The van der Waals surface area contributed by atoms with E-state index in [9.17, 15) is 8.42 Å². The number of rotatable bonds is 6. The van der Waals surface area contributed by atoms with Crippen molar-refractivity contribution in [1.29, 1.82) is 0 Å². The minimum absolute atomic E-state index is 0.152. The summed E-state index contributed by atoms with van der Waals surface area (Å²) >= 11 is 1.64. The molecular weight excluding hydrogens is 270 g/mol. The normalized spacial score (nSPS) is 11.8. The zero-order valence-corrected chi connectivity index (χ0v) is 11.6. The van der Waals surface area contributed by atoms with Crippen LogP contribution in [-0.2, 0) is 16.4 Å². The number of aromatic amines is 1. The average Bonchev–Trinajstić information content (AvgIpc) is 2.93. The molecule has 0 saturated carbocycles. The lowest BCUT2D eigenvalue weighted by Crippen LogP contribution is -2.21. The highest BCUT2D eigenvalue weighted by molar-refractivity contribution is 7.90. The van der Waals surface area contributed by atoms with E-state index < -0.39 is 9.84 Å². The van der Waals surface area contributed by atoms with E-state index in [0.29, 0.717) is 13.1 Å². The fraction of sp³-hybridized carbons (Fsp3) is 0.364. The molecule has 0 fully saturated rings. The molecule has 2 N–H and O–H groups in total. The van der Waals surface area contributed by atoms with Crippen LogP contribution in [0.3, 0.4) is 0 Å². The van der Waals surface area contributed by atoms with E-state index in [4.69, 9.17) is 0 Å². The standard InChI is InChI=1S/C11H15N3O2S2/c1-18(15,16)6-4-12-7-9-8-13-14-11(9)10-3-2-5-17-10/h2-3,5,8,12H,4,6-7H2,1H3,(H,13,14). The van der Waals surface area contributed by atoms with E-state index in [2.05, 4.69) is 15.5 Å². The zero-order chi connectivity index (χ0) is 13.0. The van der Waals surface area contributed by atoms with Crippen LogP contribution in [0.2, 0.25) is 0 Å². The summed E-state index contributed by atoms with van der Waals surface area (Å²) in [5.41, 5.74) is 2.04. The van der Waals surface area contributed by atoms with Crippen molar-refractivity contribution in [3.8, 4) is 10.6 Å². The van der Waals surface area contributed by atoms with Gasteiger partial charge in [0.2, 0.25) is 0 Å². The van der Waals surface area contributed by atoms with Gasteiger partial charge in [-0.15, -0.1) is 11.3 Å². The number of H-pyrrole nitrogens is 1. The quantitative estimate of drug-likeness (QED) is 0.784. The van der Waals surface area contributed by atoms with Crippen molar-refractivity contribution in [2.75, 3.05) is 18.6 Å². The lowest BCUT2D eigenvalue weighted by molar-refractivity contribution is 0.596. The third-order valence-electron chi connectivity index (χ3n) is 2.45. The monoisotopic (exact) mass is 285 g/mol. The third kappa shape index (κ3) is 3.66. The maximum Gasteiger partial charge on any atom is 0.148 e. The van der Waals surface area contributed by atoms with Crippen molar-refractivity contribution in [3.05, 3.63) is 29.3 Å². The highest BCUT2D eigenvalue weighted by Crippen LogP contribution is 2.25. The first-order chi connectivity index (χ1) is 8.56. The van der Waals surface area contributed by atoms with Gasteiger partial charge in [0.15, 0.2) is 0 Å². The molecule has 0 amide bonds. The SMILES string of the molecule is CS(=O)(=O)CCNCc1cn[nH]c1-c1cccs1. The van der Waals surface area contributed by atoms with Gasteiger partial charge in [0.1, 0.15) is 9.84 Å². The summed E-state index contributed by atoms with van der Waals surface area (Å²) < 4.78 is 22.0. The van der Waals surface area contributed by atoms with Gasteiger partial charge in [0.05, 0.1) is 22.5 Å². The van der Waals surface area contributed by atoms with Gasteiger partial charge in [-0.05, 0) is 11.4 Å². The molecular formula is C11H15N3O2S2. The molecule has 0 bridgehead atoms. The van der Waals surface area contributed by atoms with Crippen LogP contribution in [0.5, 0.6) is 0 Å². The lowest BCUT2D eigenvalue weighted by atomic mass is 10.2. The van der Waals surface area contributed by atoms with Crippen molar-refractivity contribution < 1.29 is 8.42 Å². The summed E-state index contributed by atoms with van der Waals surface area (Å²) in [6, 6.07) is 4.01. The Labute approximate surface area is 110 Å². The molecule has 0 atom stereocenters. The molecule has 0 aromatic carbocycles. The Morgan fingerprint density at radius 2 is 2.33 bits per heavy atom. The van der Waals surface area contributed by atoms with Crippen molar-refractivity contribution in [2.24, 2.45) is 0 Å². The topological polar surface area (TPSA) is 74.8 Å². The summed E-state index contributed by atoms with van der Waals surface area (Å²) in [5, 5.41) is 12.1. The number of nitrogens with zero attached hydrogens (tertiary/aromatic N) is 1. The Balaban J connectivity index is 1.93. The molecule has 0 aliphatic rings. The second-order valence-corrected chi connectivity index (χ2v) is 7.26. The summed E-state index contributed by atoms with van der Waals surface area (Å²) in [7, 11) is -2.90. The van der Waals surface area contributed by atoms with Crippen LogP contribution in [0.1, 0.15) is 5.56 Å². The van der Waals surface area contributed by atoms with Gasteiger partial charge in [0, 0.05) is 24.9 Å². The summed E-state index contributed by atoms with van der Waals surface area (Å²) in [4.78, 5) is 1.13. The van der Waals surface area contributed by atoms with Gasteiger partial charge in [0.25, 0.3) is 0 Å². The Morgan fingerprint density at radius 1 is 1.50 bits per heavy atom. The first kappa shape index (κ1) is 13.3. The molecule has 0 unspecified atom stereocenters. The number of hydrogen-bond acceptors (Lipinski definition) is 5. The number of aromatic nitrogens is 2. The molecule has 0 spiro atoms. The minimum atomic E-state index is -2.90. The van der Waals surface area contributed by atoms with Crippen LogP contribution in [0.25, 0.3) is 10.6 Å². The Hall–Kier alpha value is -1.18. The fourth-order valence-corrected chi connectivity index (χ4v) is 2.83. The molecule has 2 aromatic heterocycles. The highest BCUT2D eigenvalue weighted by atomic mass is 32.2. The van der Waals surface area contributed by atoms with Crippen molar-refractivity contribution in [1.82, 2.24) is 15.5 Å². The number of hydrogen-bond donors (Lipinski definition) is 2. The largest absolute Gasteiger partial charge is 0.312 e. The lowest BCUT2D eigenvalue weighted by Gasteiger charge is -2.03. The summed E-state index contributed by atoms with van der Waals surface area (Å²) in [5.74, 6) is 0.152. The smallest absolute Gasteiger partial charge is 0.148 e. The first-order valence-corrected chi connectivity index (χ1v) is 8.45. The number of thiophene rings is 1. The van der Waals surface area contributed by atoms with Crippen LogP contribution in [0.15, 0.2) is 23.7 Å². The van der Waals surface area contributed by atoms with E-state index in [1.165, 1.54) is 6.26 Å². The second kappa shape index (κ2) is 5.64. The Kier molecular flexibility index (Phi) is 4.15. The summed E-state index contributed by atoms with van der Waals surface area (Å²) in [6.07, 6.45) is 3.01. The molecule has 0 aliphatic carbocycles. The number of sulfone groups is 1. The van der Waals surface area contributed by atoms with Gasteiger partial charge >= 0.3 is 0 Å². The maximum atomic E-state index is 11.0. The molecule has 2 aromatic rings. The van der Waals surface area contributed by atoms with Gasteiger partial charge in [-0.2, -0.15) is 5.10 Å². The Morgan fingerprint density at radius 3 is 3.00 bits per heavy atom. The van der Waals surface area contributed by atoms with Crippen molar-refractivity contribution >= 4 is 21.2 Å². The predicted octanol–water partition coefficient (Wildman–Crippen LogP) is 1.27. The van der Waals surface area contributed by atoms with Crippen molar-refractivity contribution in [3.63, 3.8) is 0 Å². The molecule has 18 heavy (non-hydrogen) atoms. The maximum absolute atomic E-state index is 11.0. The molecule has 98 valence electrons. The predicted molar refractivity (Wildman–Crippen MR) is 73.3 cm³/mol. The van der Waals surface area contributed by atoms with Gasteiger partial charge in [-0.25, -0.2) is 8.42 Å². The summed E-state index contributed by atoms with van der Waals surface area (Å²) in [6.45, 7) is 1.06. The molecule has 7 heteroatoms. The van der Waals surface area contributed by atoms with E-state index in [1.54, 1.807) is 17.5 Å². The Bertz CT molecular complexity index is 588. The first-order valence-electron chi connectivity index (χ1n) is 5.51. The minimum Gasteiger partial charge on any atom is -0.312 e. The van der Waals surface area contributed by atoms with E-state index in [1.807, 2.05) is 17.5 Å². The van der Waals surface area contributed by atoms with Gasteiger partial charge in [-0.1, -0.05) is 6.07 Å². The van der Waals surface area contributed by atoms with Crippen LogP contribution in [-0.4, -0.2) is 37.2 Å². The van der Waals surface area contributed by atoms with E-state index in [-0.39, 0.29) is 5.75 Å². The zero-order valence-electron chi connectivity index (χ0n) is 10.0. The molecule has 5 nitrogen and oxygen atoms in total. The molecule has 0 aliphatic heterocycles. The van der Waals surface area contributed by atoms with Crippen LogP contribution < -0.4 is 5.32 Å². The second-order valence-electron chi connectivity index (χ2n) is 4.05. The van der Waals surface area contributed by atoms with E-state index >= 15 is 0 Å². The average molecular weight is 285 g/mol. The molecule has 2 rings (SSSR count). The van der Waals surface area contributed by atoms with Crippen LogP contribution >= 0.6 is 11.3 Å². The fourth-order valence-electron chi connectivity index (χ4n) is 1.56. The van der Waals surface area contributed by atoms with E-state index in [0.717, 1.165) is 16.1 Å². The highest BCUT2D eigenvalue weighted by Gasteiger charge is 2.08. The van der Waals surface area contributed by atoms with Crippen LogP contribution in [0.4, 0.5) is 0 Å². The van der Waals surface area contributed by atoms with Crippen LogP contribution in [0, 0.1) is 0 Å². The third-order valence-corrected chi connectivity index (χ3v) is 4.28. The number of nitrogens with one attached hydrogen (secondary N) is 2.